The van der Waals surface area contributed by atoms with Crippen LogP contribution in [0.3, 0.4) is 0 Å². The van der Waals surface area contributed by atoms with Crippen molar-refractivity contribution in [3.8, 4) is 11.5 Å². The molecule has 0 bridgehead atoms. The number of nitrogens with zero attached hydrogens (tertiary/aromatic N) is 1. The quantitative estimate of drug-likeness (QED) is 0.864. The number of halogens is 1. The average molecular weight is 369 g/mol. The molecule has 0 fully saturated rings. The summed E-state index contributed by atoms with van der Waals surface area (Å²) in [7, 11) is 0. The lowest BCUT2D eigenvalue weighted by Gasteiger charge is -2.12. The zero-order chi connectivity index (χ0) is 14.8. The smallest absolute Gasteiger partial charge is 0.231 e. The van der Waals surface area contributed by atoms with E-state index in [0.717, 1.165) is 39.5 Å². The van der Waals surface area contributed by atoms with Gasteiger partial charge in [0.25, 0.3) is 0 Å². The molecule has 1 aliphatic rings. The number of thiazole rings is 1. The van der Waals surface area contributed by atoms with Gasteiger partial charge in [0.1, 0.15) is 5.01 Å². The maximum Gasteiger partial charge on any atom is 0.231 e. The Balaban J connectivity index is 1.67. The van der Waals surface area contributed by atoms with Crippen LogP contribution in [0, 0.1) is 0 Å². The monoisotopic (exact) mass is 368 g/mol. The molecule has 2 aromatic rings. The van der Waals surface area contributed by atoms with Crippen LogP contribution in [0.1, 0.15) is 35.3 Å². The van der Waals surface area contributed by atoms with Crippen molar-refractivity contribution in [1.29, 1.82) is 0 Å². The Morgan fingerprint density at radius 2 is 2.14 bits per heavy atom. The molecule has 2 heterocycles. The lowest BCUT2D eigenvalue weighted by Crippen LogP contribution is -2.18. The predicted molar refractivity (Wildman–Crippen MR) is 87.0 cm³/mol. The number of aryl methyl sites for hydroxylation is 1. The minimum Gasteiger partial charge on any atom is -0.454 e. The van der Waals surface area contributed by atoms with Crippen molar-refractivity contribution in [3.05, 3.63) is 38.3 Å². The summed E-state index contributed by atoms with van der Waals surface area (Å²) in [5.41, 5.74) is 1.15. The summed E-state index contributed by atoms with van der Waals surface area (Å²) in [6, 6.07) is 4.21. The Labute approximate surface area is 136 Å². The maximum absolute atomic E-state index is 5.42. The summed E-state index contributed by atoms with van der Waals surface area (Å²) in [5, 5.41) is 4.63. The van der Waals surface area contributed by atoms with Gasteiger partial charge in [-0.1, -0.05) is 22.9 Å². The van der Waals surface area contributed by atoms with Gasteiger partial charge in [-0.15, -0.1) is 11.3 Å². The van der Waals surface area contributed by atoms with E-state index in [-0.39, 0.29) is 6.04 Å². The third-order valence-corrected chi connectivity index (χ3v) is 5.49. The first kappa shape index (κ1) is 14.8. The van der Waals surface area contributed by atoms with Crippen molar-refractivity contribution >= 4 is 27.3 Å². The van der Waals surface area contributed by atoms with Crippen molar-refractivity contribution in [2.75, 3.05) is 6.79 Å². The van der Waals surface area contributed by atoms with Gasteiger partial charge in [-0.25, -0.2) is 4.98 Å². The molecular formula is C15H17BrN2O2S. The SMILES string of the molecule is CCc1cnc(C(C)NCc2cc3c(cc2Br)OCO3)s1. The van der Waals surface area contributed by atoms with E-state index in [0.29, 0.717) is 6.79 Å². The first-order chi connectivity index (χ1) is 10.2. The molecule has 21 heavy (non-hydrogen) atoms. The summed E-state index contributed by atoms with van der Waals surface area (Å²) in [4.78, 5) is 5.80. The van der Waals surface area contributed by atoms with E-state index in [4.69, 9.17) is 9.47 Å². The minimum absolute atomic E-state index is 0.229. The molecule has 0 saturated heterocycles. The Morgan fingerprint density at radius 1 is 1.38 bits per heavy atom. The molecule has 1 aromatic heterocycles. The number of aromatic nitrogens is 1. The summed E-state index contributed by atoms with van der Waals surface area (Å²) >= 11 is 5.35. The topological polar surface area (TPSA) is 43.4 Å². The second kappa shape index (κ2) is 6.34. The van der Waals surface area contributed by atoms with Crippen LogP contribution in [0.5, 0.6) is 11.5 Å². The Hall–Kier alpha value is -1.11. The number of benzene rings is 1. The number of fused-ring (bicyclic) bond motifs is 1. The van der Waals surface area contributed by atoms with E-state index in [1.54, 1.807) is 11.3 Å². The molecule has 0 radical (unpaired) electrons. The Kier molecular flexibility index (Phi) is 4.47. The summed E-state index contributed by atoms with van der Waals surface area (Å²) in [6.45, 7) is 5.34. The van der Waals surface area contributed by atoms with E-state index in [9.17, 15) is 0 Å². The van der Waals surface area contributed by atoms with Gasteiger partial charge in [0.2, 0.25) is 6.79 Å². The van der Waals surface area contributed by atoms with Gasteiger partial charge in [0, 0.05) is 22.1 Å². The first-order valence-corrected chi connectivity index (χ1v) is 8.54. The fourth-order valence-corrected chi connectivity index (χ4v) is 3.48. The van der Waals surface area contributed by atoms with Crippen LogP contribution in [0.15, 0.2) is 22.8 Å². The molecule has 0 aliphatic carbocycles. The molecular weight excluding hydrogens is 352 g/mol. The molecule has 1 N–H and O–H groups in total. The van der Waals surface area contributed by atoms with Crippen molar-refractivity contribution in [2.24, 2.45) is 0 Å². The molecule has 1 aromatic carbocycles. The summed E-state index contributed by atoms with van der Waals surface area (Å²) < 4.78 is 11.8. The van der Waals surface area contributed by atoms with E-state index in [1.165, 1.54) is 4.88 Å². The van der Waals surface area contributed by atoms with Crippen LogP contribution in [0.25, 0.3) is 0 Å². The molecule has 4 nitrogen and oxygen atoms in total. The summed E-state index contributed by atoms with van der Waals surface area (Å²) in [6.07, 6.45) is 3.01. The van der Waals surface area contributed by atoms with Crippen LogP contribution in [0.4, 0.5) is 0 Å². The van der Waals surface area contributed by atoms with E-state index in [2.05, 4.69) is 40.1 Å². The number of hydrogen-bond acceptors (Lipinski definition) is 5. The highest BCUT2D eigenvalue weighted by molar-refractivity contribution is 9.10. The van der Waals surface area contributed by atoms with E-state index in [1.807, 2.05) is 18.3 Å². The highest BCUT2D eigenvalue weighted by Crippen LogP contribution is 2.37. The summed E-state index contributed by atoms with van der Waals surface area (Å²) in [5.74, 6) is 1.61. The van der Waals surface area contributed by atoms with Crippen LogP contribution in [-0.4, -0.2) is 11.8 Å². The second-order valence-electron chi connectivity index (χ2n) is 4.92. The van der Waals surface area contributed by atoms with E-state index >= 15 is 0 Å². The molecule has 1 unspecified atom stereocenters. The van der Waals surface area contributed by atoms with Crippen molar-refractivity contribution in [1.82, 2.24) is 10.3 Å². The van der Waals surface area contributed by atoms with E-state index < -0.39 is 0 Å². The molecule has 0 spiro atoms. The van der Waals surface area contributed by atoms with Crippen LogP contribution in [0.2, 0.25) is 0 Å². The fourth-order valence-electron chi connectivity index (χ4n) is 2.13. The normalized spacial score (nSPS) is 14.4. The maximum atomic E-state index is 5.42. The lowest BCUT2D eigenvalue weighted by atomic mass is 10.2. The number of nitrogens with one attached hydrogen (secondary N) is 1. The van der Waals surface area contributed by atoms with Gasteiger partial charge in [-0.05, 0) is 31.0 Å². The lowest BCUT2D eigenvalue weighted by molar-refractivity contribution is 0.174. The second-order valence-corrected chi connectivity index (χ2v) is 6.92. The van der Waals surface area contributed by atoms with Crippen LogP contribution >= 0.6 is 27.3 Å². The van der Waals surface area contributed by atoms with Crippen molar-refractivity contribution in [2.45, 2.75) is 32.9 Å². The van der Waals surface area contributed by atoms with Gasteiger partial charge in [0.15, 0.2) is 11.5 Å². The van der Waals surface area contributed by atoms with Crippen molar-refractivity contribution in [3.63, 3.8) is 0 Å². The van der Waals surface area contributed by atoms with Gasteiger partial charge in [-0.2, -0.15) is 0 Å². The molecule has 0 amide bonds. The number of ether oxygens (including phenoxy) is 2. The van der Waals surface area contributed by atoms with Gasteiger partial charge >= 0.3 is 0 Å². The number of hydrogen-bond donors (Lipinski definition) is 1. The zero-order valence-electron chi connectivity index (χ0n) is 12.0. The standard InChI is InChI=1S/C15H17BrN2O2S/c1-3-11-7-18-15(21-11)9(2)17-6-10-4-13-14(5-12(10)16)20-8-19-13/h4-5,7,9,17H,3,6,8H2,1-2H3. The fraction of sp³-hybridized carbons (Fsp3) is 0.400. The van der Waals surface area contributed by atoms with Gasteiger partial charge in [-0.3, -0.25) is 0 Å². The Bertz CT molecular complexity index is 645. The zero-order valence-corrected chi connectivity index (χ0v) is 14.4. The molecule has 0 saturated carbocycles. The predicted octanol–water partition coefficient (Wildman–Crippen LogP) is 4.05. The molecule has 1 aliphatic heterocycles. The van der Waals surface area contributed by atoms with Crippen molar-refractivity contribution < 1.29 is 9.47 Å². The van der Waals surface area contributed by atoms with Gasteiger partial charge < -0.3 is 14.8 Å². The third kappa shape index (κ3) is 3.22. The highest BCUT2D eigenvalue weighted by atomic mass is 79.9. The largest absolute Gasteiger partial charge is 0.454 e. The first-order valence-electron chi connectivity index (χ1n) is 6.93. The van der Waals surface area contributed by atoms with Gasteiger partial charge in [0.05, 0.1) is 6.04 Å². The van der Waals surface area contributed by atoms with Crippen LogP contribution in [-0.2, 0) is 13.0 Å². The van der Waals surface area contributed by atoms with Crippen LogP contribution < -0.4 is 14.8 Å². The average Bonchev–Trinajstić information content (AvgIpc) is 3.12. The molecule has 112 valence electrons. The third-order valence-electron chi connectivity index (χ3n) is 3.43. The highest BCUT2D eigenvalue weighted by Gasteiger charge is 2.17. The molecule has 6 heteroatoms. The minimum atomic E-state index is 0.229. The molecule has 1 atom stereocenters. The Morgan fingerprint density at radius 3 is 2.86 bits per heavy atom. The molecule has 3 rings (SSSR count). The number of rotatable bonds is 5.